The number of aryl methyl sites for hydroxylation is 1. The van der Waals surface area contributed by atoms with Gasteiger partial charge < -0.3 is 40.7 Å². The molecule has 5 N–H and O–H groups in total. The van der Waals surface area contributed by atoms with Crippen LogP contribution in [0, 0.1) is 6.92 Å². The van der Waals surface area contributed by atoms with Crippen LogP contribution in [0.5, 0.6) is 17.2 Å². The van der Waals surface area contributed by atoms with E-state index in [1.165, 1.54) is 32.0 Å². The predicted octanol–water partition coefficient (Wildman–Crippen LogP) is 1.65. The molecular formula is C34H40N6O7. The van der Waals surface area contributed by atoms with Gasteiger partial charge in [0.15, 0.2) is 0 Å². The Morgan fingerprint density at radius 1 is 0.957 bits per heavy atom. The molecule has 6 rings (SSSR count). The fourth-order valence-electron chi connectivity index (χ4n) is 5.74. The standard InChI is InChI=1S/C34H40N6O7/c1-20-19-35-12-11-28(20)39-13-4-14-40(16-15-39)34(46)27-17-23-5-7-24(8-6-23)47-25-9-10-29(42)26(18-25)32(44)38-30(22(3)41)33(45)36-21(2)31(43)37-27/h5-12,18-19,21-22,27,30,41-42H,4,13-17H2,1-3H3,(H,36,45)(H,37,43)(H,38,44)/t21-,22+,27-,30-/m0/s1. The topological polar surface area (TPSA) is 173 Å². The van der Waals surface area contributed by atoms with Crippen molar-refractivity contribution in [2.45, 2.75) is 57.8 Å². The Labute approximate surface area is 272 Å². The Kier molecular flexibility index (Phi) is 10.2. The Balaban J connectivity index is 1.41. The highest BCUT2D eigenvalue weighted by atomic mass is 16.5. The zero-order chi connectivity index (χ0) is 33.7. The number of fused-ring (bicyclic) bond motifs is 11. The number of nitrogens with one attached hydrogen (secondary N) is 3. The van der Waals surface area contributed by atoms with E-state index < -0.39 is 42.0 Å². The number of ether oxygens (including phenoxy) is 1. The van der Waals surface area contributed by atoms with Gasteiger partial charge in [0.1, 0.15) is 35.4 Å². The fraction of sp³-hybridized carbons (Fsp3) is 0.382. The number of hydrogen-bond donors (Lipinski definition) is 5. The summed E-state index contributed by atoms with van der Waals surface area (Å²) >= 11 is 0. The molecule has 13 heteroatoms. The number of pyridine rings is 1. The van der Waals surface area contributed by atoms with E-state index in [-0.39, 0.29) is 29.4 Å². The highest BCUT2D eigenvalue weighted by molar-refractivity contribution is 6.01. The Hall–Kier alpha value is -5.17. The number of aliphatic hydroxyl groups excluding tert-OH is 1. The number of carbonyl (C=O) groups excluding carboxylic acids is 4. The first kappa shape index (κ1) is 33.2. The number of amides is 4. The van der Waals surface area contributed by atoms with Crippen LogP contribution >= 0.6 is 0 Å². The van der Waals surface area contributed by atoms with Gasteiger partial charge in [0.05, 0.1) is 11.7 Å². The summed E-state index contributed by atoms with van der Waals surface area (Å²) in [5, 5.41) is 28.5. The second-order valence-electron chi connectivity index (χ2n) is 11.9. The van der Waals surface area contributed by atoms with E-state index in [9.17, 15) is 29.4 Å². The molecule has 0 aliphatic carbocycles. The van der Waals surface area contributed by atoms with Gasteiger partial charge in [-0.15, -0.1) is 0 Å². The number of rotatable bonds is 3. The van der Waals surface area contributed by atoms with Gasteiger partial charge in [-0.25, -0.2) is 0 Å². The highest BCUT2D eigenvalue weighted by Crippen LogP contribution is 2.28. The first-order valence-electron chi connectivity index (χ1n) is 15.6. The van der Waals surface area contributed by atoms with Gasteiger partial charge in [0.25, 0.3) is 5.91 Å². The van der Waals surface area contributed by atoms with Crippen molar-refractivity contribution in [3.8, 4) is 17.2 Å². The van der Waals surface area contributed by atoms with E-state index in [0.717, 1.165) is 29.8 Å². The first-order chi connectivity index (χ1) is 22.5. The van der Waals surface area contributed by atoms with Crippen molar-refractivity contribution in [3.05, 3.63) is 77.6 Å². The van der Waals surface area contributed by atoms with Crippen LogP contribution in [-0.4, -0.2) is 94.1 Å². The minimum absolute atomic E-state index is 0.168. The number of anilines is 1. The third-order valence-electron chi connectivity index (χ3n) is 8.37. The Bertz CT molecular complexity index is 1630. The van der Waals surface area contributed by atoms with Crippen molar-refractivity contribution in [3.63, 3.8) is 0 Å². The van der Waals surface area contributed by atoms with Crippen molar-refractivity contribution in [2.24, 2.45) is 0 Å². The van der Waals surface area contributed by atoms with Gasteiger partial charge in [-0.1, -0.05) is 12.1 Å². The zero-order valence-electron chi connectivity index (χ0n) is 26.6. The first-order valence-corrected chi connectivity index (χ1v) is 15.6. The number of aromatic nitrogens is 1. The minimum Gasteiger partial charge on any atom is -0.507 e. The Morgan fingerprint density at radius 2 is 1.70 bits per heavy atom. The summed E-state index contributed by atoms with van der Waals surface area (Å²) in [6.45, 7) is 7.11. The van der Waals surface area contributed by atoms with Gasteiger partial charge in [-0.2, -0.15) is 0 Å². The molecule has 4 heterocycles. The monoisotopic (exact) mass is 644 g/mol. The second kappa shape index (κ2) is 14.5. The molecule has 0 saturated carbocycles. The average Bonchev–Trinajstić information content (AvgIpc) is 3.30. The molecule has 13 nitrogen and oxygen atoms in total. The van der Waals surface area contributed by atoms with Crippen LogP contribution in [0.3, 0.4) is 0 Å². The molecule has 4 atom stereocenters. The third-order valence-corrected chi connectivity index (χ3v) is 8.37. The predicted molar refractivity (Wildman–Crippen MR) is 173 cm³/mol. The van der Waals surface area contributed by atoms with Gasteiger partial charge in [0.2, 0.25) is 17.7 Å². The molecule has 3 aliphatic rings. The van der Waals surface area contributed by atoms with Crippen LogP contribution in [0.1, 0.15) is 41.8 Å². The van der Waals surface area contributed by atoms with E-state index in [1.54, 1.807) is 35.4 Å². The van der Waals surface area contributed by atoms with E-state index >= 15 is 0 Å². The SMILES string of the molecule is Cc1cnccc1N1CCCN(C(=O)[C@@H]2Cc3ccc(cc3)Oc3ccc(O)c(c3)C(=O)N[C@@H]([C@@H](C)O)C(=O)N[C@@H](C)C(=O)N2)CC1. The van der Waals surface area contributed by atoms with Crippen LogP contribution in [-0.2, 0) is 20.8 Å². The minimum atomic E-state index is -1.45. The third kappa shape index (κ3) is 7.98. The quantitative estimate of drug-likeness (QED) is 0.266. The molecule has 3 aliphatic heterocycles. The number of benzene rings is 2. The van der Waals surface area contributed by atoms with Crippen LogP contribution < -0.4 is 25.6 Å². The molecule has 47 heavy (non-hydrogen) atoms. The molecule has 3 aromatic rings. The molecule has 2 aromatic carbocycles. The number of aromatic hydroxyl groups is 1. The van der Waals surface area contributed by atoms with E-state index in [1.807, 2.05) is 19.2 Å². The molecule has 4 amide bonds. The second-order valence-corrected chi connectivity index (χ2v) is 11.9. The normalized spacial score (nSPS) is 21.7. The van der Waals surface area contributed by atoms with E-state index in [4.69, 9.17) is 4.74 Å². The largest absolute Gasteiger partial charge is 0.507 e. The van der Waals surface area contributed by atoms with Crippen LogP contribution in [0.25, 0.3) is 0 Å². The Morgan fingerprint density at radius 3 is 2.43 bits per heavy atom. The number of hydrogen-bond acceptors (Lipinski definition) is 9. The fourth-order valence-corrected chi connectivity index (χ4v) is 5.74. The van der Waals surface area contributed by atoms with Gasteiger partial charge in [-0.05, 0) is 74.7 Å². The average molecular weight is 645 g/mol. The smallest absolute Gasteiger partial charge is 0.255 e. The van der Waals surface area contributed by atoms with Crippen molar-refractivity contribution in [2.75, 3.05) is 31.1 Å². The summed E-state index contributed by atoms with van der Waals surface area (Å²) in [5.41, 5.74) is 2.71. The summed E-state index contributed by atoms with van der Waals surface area (Å²) < 4.78 is 5.91. The lowest BCUT2D eigenvalue weighted by molar-refractivity contribution is -0.137. The van der Waals surface area contributed by atoms with E-state index in [0.29, 0.717) is 25.4 Å². The summed E-state index contributed by atoms with van der Waals surface area (Å²) in [6.07, 6.45) is 3.15. The number of phenols is 1. The molecule has 1 saturated heterocycles. The number of carbonyl (C=O) groups is 4. The molecule has 0 radical (unpaired) electrons. The van der Waals surface area contributed by atoms with Crippen LogP contribution in [0.4, 0.5) is 5.69 Å². The summed E-state index contributed by atoms with van der Waals surface area (Å²) in [7, 11) is 0. The molecule has 0 unspecified atom stereocenters. The maximum Gasteiger partial charge on any atom is 0.255 e. The number of aliphatic hydroxyl groups is 1. The maximum absolute atomic E-state index is 14.0. The molecule has 248 valence electrons. The lowest BCUT2D eigenvalue weighted by Gasteiger charge is -2.29. The summed E-state index contributed by atoms with van der Waals surface area (Å²) in [6, 6.07) is 9.56. The van der Waals surface area contributed by atoms with E-state index in [2.05, 4.69) is 25.8 Å². The van der Waals surface area contributed by atoms with Gasteiger partial charge >= 0.3 is 0 Å². The maximum atomic E-state index is 14.0. The molecule has 4 bridgehead atoms. The zero-order valence-corrected chi connectivity index (χ0v) is 26.6. The van der Waals surface area contributed by atoms with Crippen LogP contribution in [0.2, 0.25) is 0 Å². The van der Waals surface area contributed by atoms with Gasteiger partial charge in [-0.3, -0.25) is 24.2 Å². The number of nitrogens with zero attached hydrogens (tertiary/aromatic N) is 3. The molecule has 1 aromatic heterocycles. The lowest BCUT2D eigenvalue weighted by atomic mass is 10.0. The van der Waals surface area contributed by atoms with Crippen molar-refractivity contribution in [1.82, 2.24) is 25.8 Å². The van der Waals surface area contributed by atoms with Crippen LogP contribution in [0.15, 0.2) is 60.9 Å². The summed E-state index contributed by atoms with van der Waals surface area (Å²) in [4.78, 5) is 61.9. The van der Waals surface area contributed by atoms with Crippen molar-refractivity contribution in [1.29, 1.82) is 0 Å². The molecule has 0 spiro atoms. The van der Waals surface area contributed by atoms with Crippen molar-refractivity contribution >= 4 is 29.3 Å². The molecular weight excluding hydrogens is 604 g/mol. The highest BCUT2D eigenvalue weighted by Gasteiger charge is 2.33. The lowest BCUT2D eigenvalue weighted by Crippen LogP contribution is -2.58. The molecule has 1 fully saturated rings. The van der Waals surface area contributed by atoms with Crippen molar-refractivity contribution < 1.29 is 34.1 Å². The number of phenolic OH excluding ortho intramolecular Hbond substituents is 1. The van der Waals surface area contributed by atoms with Gasteiger partial charge in [0, 0.05) is 50.7 Å². The summed E-state index contributed by atoms with van der Waals surface area (Å²) in [5.74, 6) is -2.16.